The van der Waals surface area contributed by atoms with Crippen LogP contribution in [0.4, 0.5) is 0 Å². The molecule has 0 radical (unpaired) electrons. The van der Waals surface area contributed by atoms with Crippen molar-refractivity contribution in [1.82, 2.24) is 40.3 Å². The Morgan fingerprint density at radius 3 is 1.28 bits per heavy atom. The van der Waals surface area contributed by atoms with Gasteiger partial charge in [-0.25, -0.2) is 19.9 Å². The number of hydrogen-bond acceptors (Lipinski definition) is 6. The van der Waals surface area contributed by atoms with Crippen LogP contribution in [0.3, 0.4) is 0 Å². The summed E-state index contributed by atoms with van der Waals surface area (Å²) in [6, 6.07) is 7.25. The van der Waals surface area contributed by atoms with E-state index in [1.54, 1.807) is 36.9 Å². The van der Waals surface area contributed by atoms with Crippen LogP contribution in [0.1, 0.15) is 11.4 Å². The van der Waals surface area contributed by atoms with Gasteiger partial charge in [-0.15, -0.1) is 0 Å². The first kappa shape index (κ1) is 18.6. The Hall–Kier alpha value is -2.73. The average molecular weight is 513 g/mol. The maximum atomic E-state index is 4.05. The molecule has 0 aromatic carbocycles. The Kier molecular flexibility index (Phi) is 6.65. The van der Waals surface area contributed by atoms with Crippen LogP contribution in [0.2, 0.25) is 0 Å². The fourth-order valence-electron chi connectivity index (χ4n) is 1.86. The third kappa shape index (κ3) is 5.12. The Morgan fingerprint density at radius 1 is 0.640 bits per heavy atom. The van der Waals surface area contributed by atoms with Crippen LogP contribution in [-0.2, 0) is 21.1 Å². The van der Waals surface area contributed by atoms with Crippen molar-refractivity contribution in [2.75, 3.05) is 0 Å². The number of hydrogen-bond donors (Lipinski definition) is 0. The Balaban J connectivity index is 0.000000173. The summed E-state index contributed by atoms with van der Waals surface area (Å²) in [5.74, 6) is 1.25. The normalized spacial score (nSPS) is 9.68. The van der Waals surface area contributed by atoms with Crippen LogP contribution in [0.25, 0.3) is 23.0 Å². The van der Waals surface area contributed by atoms with Crippen LogP contribution in [0, 0.1) is 13.8 Å². The molecular weight excluding hydrogens is 499 g/mol. The molecule has 0 saturated carbocycles. The van der Waals surface area contributed by atoms with E-state index in [2.05, 4.69) is 40.3 Å². The molecule has 0 aliphatic carbocycles. The molecule has 4 heterocycles. The third-order valence-corrected chi connectivity index (χ3v) is 2.91. The van der Waals surface area contributed by atoms with Gasteiger partial charge in [0.1, 0.15) is 11.6 Å². The largest absolute Gasteiger partial charge is 2.00 e. The van der Waals surface area contributed by atoms with E-state index >= 15 is 0 Å². The zero-order valence-corrected chi connectivity index (χ0v) is 15.8. The second kappa shape index (κ2) is 8.94. The Morgan fingerprint density at radius 2 is 1.00 bits per heavy atom. The molecule has 0 aliphatic heterocycles. The number of aromatic nitrogens is 8. The minimum absolute atomic E-state index is 0. The molecule has 128 valence electrons. The summed E-state index contributed by atoms with van der Waals surface area (Å²) in [5.41, 5.74) is 3.23. The van der Waals surface area contributed by atoms with Crippen molar-refractivity contribution in [3.8, 4) is 23.0 Å². The van der Waals surface area contributed by atoms with Gasteiger partial charge in [0.25, 0.3) is 0 Å². The molecule has 0 fully saturated rings. The van der Waals surface area contributed by atoms with E-state index in [0.29, 0.717) is 11.6 Å². The minimum Gasteiger partial charge on any atom is -0.572 e. The summed E-state index contributed by atoms with van der Waals surface area (Å²) in [5, 5.41) is 15.5. The van der Waals surface area contributed by atoms with Gasteiger partial charge in [0.15, 0.2) is 0 Å². The Bertz CT molecular complexity index is 813. The predicted octanol–water partition coefficient (Wildman–Crippen LogP) is 1.61. The molecule has 25 heavy (non-hydrogen) atoms. The van der Waals surface area contributed by atoms with Crippen LogP contribution in [0.15, 0.2) is 49.1 Å². The molecule has 0 aliphatic rings. The minimum atomic E-state index is 0. The van der Waals surface area contributed by atoms with Gasteiger partial charge >= 0.3 is 21.1 Å². The molecule has 9 heteroatoms. The van der Waals surface area contributed by atoms with E-state index < -0.39 is 0 Å². The fourth-order valence-corrected chi connectivity index (χ4v) is 1.86. The molecule has 0 atom stereocenters. The maximum absolute atomic E-state index is 4.05. The van der Waals surface area contributed by atoms with Gasteiger partial charge < -0.3 is 20.4 Å². The smallest absolute Gasteiger partial charge is 0.572 e. The van der Waals surface area contributed by atoms with Crippen molar-refractivity contribution >= 4 is 0 Å². The van der Waals surface area contributed by atoms with E-state index in [1.807, 2.05) is 26.0 Å². The van der Waals surface area contributed by atoms with Crippen LogP contribution in [0.5, 0.6) is 0 Å². The first-order valence-corrected chi connectivity index (χ1v) is 7.21. The van der Waals surface area contributed by atoms with Gasteiger partial charge in [-0.05, 0) is 26.0 Å². The molecular formula is C16H14N8Pt. The predicted molar refractivity (Wildman–Crippen MR) is 86.6 cm³/mol. The van der Waals surface area contributed by atoms with Crippen molar-refractivity contribution < 1.29 is 21.1 Å². The van der Waals surface area contributed by atoms with Gasteiger partial charge in [-0.3, -0.25) is 0 Å². The monoisotopic (exact) mass is 513 g/mol. The summed E-state index contributed by atoms with van der Waals surface area (Å²) in [6.45, 7) is 3.78. The molecule has 4 aromatic rings. The second-order valence-electron chi connectivity index (χ2n) is 4.89. The topological polar surface area (TPSA) is 106 Å². The number of rotatable bonds is 2. The van der Waals surface area contributed by atoms with Gasteiger partial charge in [-0.2, -0.15) is 0 Å². The zero-order valence-electron chi connectivity index (χ0n) is 13.5. The quantitative estimate of drug-likeness (QED) is 0.398. The molecule has 0 unspecified atom stereocenters. The van der Waals surface area contributed by atoms with Crippen molar-refractivity contribution in [1.29, 1.82) is 0 Å². The summed E-state index contributed by atoms with van der Waals surface area (Å²) < 4.78 is 0. The molecule has 8 nitrogen and oxygen atoms in total. The van der Waals surface area contributed by atoms with Gasteiger partial charge in [0.05, 0.1) is 0 Å². The standard InChI is InChI=1S/2C8H7N4.Pt/c2*1-6-5-7(12-11-6)8-9-3-2-4-10-8;/h2*2-5H,1H3;/q2*-1;+2. The SMILES string of the molecule is Cc1cc(-c2ncccn2)[n-]n1.Cc1cc(-c2ncccn2)[n-]n1.[Pt+2]. The summed E-state index contributed by atoms with van der Waals surface area (Å²) >= 11 is 0. The Labute approximate surface area is 158 Å². The molecule has 0 amide bonds. The van der Waals surface area contributed by atoms with E-state index in [9.17, 15) is 0 Å². The zero-order chi connectivity index (χ0) is 16.8. The van der Waals surface area contributed by atoms with Crippen molar-refractivity contribution in [2.24, 2.45) is 0 Å². The van der Waals surface area contributed by atoms with Crippen LogP contribution in [-0.4, -0.2) is 30.1 Å². The average Bonchev–Trinajstić information content (AvgIpc) is 3.26. The van der Waals surface area contributed by atoms with E-state index in [1.165, 1.54) is 0 Å². The molecule has 0 bridgehead atoms. The maximum Gasteiger partial charge on any atom is 2.00 e. The third-order valence-electron chi connectivity index (χ3n) is 2.91. The van der Waals surface area contributed by atoms with Crippen molar-refractivity contribution in [3.63, 3.8) is 0 Å². The van der Waals surface area contributed by atoms with E-state index in [0.717, 1.165) is 22.8 Å². The summed E-state index contributed by atoms with van der Waals surface area (Å²) in [7, 11) is 0. The number of nitrogens with zero attached hydrogens (tertiary/aromatic N) is 8. The summed E-state index contributed by atoms with van der Waals surface area (Å²) in [6.07, 6.45) is 6.75. The van der Waals surface area contributed by atoms with Crippen LogP contribution >= 0.6 is 0 Å². The van der Waals surface area contributed by atoms with E-state index in [-0.39, 0.29) is 21.1 Å². The fraction of sp³-hybridized carbons (Fsp3) is 0.125. The molecule has 0 saturated heterocycles. The molecule has 0 spiro atoms. The first-order chi connectivity index (χ1) is 11.7. The second-order valence-corrected chi connectivity index (χ2v) is 4.89. The van der Waals surface area contributed by atoms with E-state index in [4.69, 9.17) is 0 Å². The molecule has 4 aromatic heterocycles. The molecule has 0 N–H and O–H groups in total. The van der Waals surface area contributed by atoms with Crippen molar-refractivity contribution in [2.45, 2.75) is 13.8 Å². The molecule has 4 rings (SSSR count). The van der Waals surface area contributed by atoms with Gasteiger partial charge in [-0.1, -0.05) is 23.5 Å². The van der Waals surface area contributed by atoms with Crippen LogP contribution < -0.4 is 10.2 Å². The first-order valence-electron chi connectivity index (χ1n) is 7.21. The van der Waals surface area contributed by atoms with Gasteiger partial charge in [0.2, 0.25) is 0 Å². The number of aryl methyl sites for hydroxylation is 2. The van der Waals surface area contributed by atoms with Crippen molar-refractivity contribution in [3.05, 3.63) is 60.4 Å². The summed E-state index contributed by atoms with van der Waals surface area (Å²) in [4.78, 5) is 16.2. The van der Waals surface area contributed by atoms with Gasteiger partial charge in [0, 0.05) is 36.2 Å².